The number of rotatable bonds is 6. The van der Waals surface area contributed by atoms with Crippen molar-refractivity contribution in [3.63, 3.8) is 0 Å². The number of hydrazone groups is 1. The van der Waals surface area contributed by atoms with E-state index in [4.69, 9.17) is 0 Å². The van der Waals surface area contributed by atoms with Crippen molar-refractivity contribution in [1.29, 1.82) is 0 Å². The van der Waals surface area contributed by atoms with Gasteiger partial charge in [0, 0.05) is 24.1 Å². The summed E-state index contributed by atoms with van der Waals surface area (Å²) in [5.41, 5.74) is 8.57. The van der Waals surface area contributed by atoms with Gasteiger partial charge in [-0.2, -0.15) is 10.2 Å². The van der Waals surface area contributed by atoms with Crippen LogP contribution in [0, 0.1) is 13.8 Å². The Kier molecular flexibility index (Phi) is 5.27. The van der Waals surface area contributed by atoms with Crippen LogP contribution in [0.15, 0.2) is 29.0 Å². The van der Waals surface area contributed by atoms with Crippen molar-refractivity contribution < 1.29 is 4.79 Å². The first kappa shape index (κ1) is 18.0. The van der Waals surface area contributed by atoms with Crippen LogP contribution in [0.4, 0.5) is 0 Å². The minimum Gasteiger partial charge on any atom is -0.359 e. The van der Waals surface area contributed by atoms with Crippen LogP contribution in [0.5, 0.6) is 0 Å². The summed E-state index contributed by atoms with van der Waals surface area (Å²) in [6.45, 7) is 11.4. The predicted molar refractivity (Wildman–Crippen MR) is 102 cm³/mol. The molecule has 0 fully saturated rings. The average Bonchev–Trinajstić information content (AvgIpc) is 3.14. The molecule has 0 atom stereocenters. The summed E-state index contributed by atoms with van der Waals surface area (Å²) in [6, 6.07) is 3.57. The molecule has 0 saturated carbocycles. The molecule has 1 amide bonds. The van der Waals surface area contributed by atoms with E-state index in [2.05, 4.69) is 58.3 Å². The molecule has 0 unspecified atom stereocenters. The number of hydrogen-bond acceptors (Lipinski definition) is 5. The molecule has 0 spiro atoms. The SMILES string of the molecule is CCN(CC)Cc1c(C)[nH]c(/C=C2/C(=O)NN=C2c2cccnn2)c1C. The van der Waals surface area contributed by atoms with Crippen LogP contribution < -0.4 is 5.43 Å². The molecule has 2 aromatic heterocycles. The summed E-state index contributed by atoms with van der Waals surface area (Å²) in [5, 5.41) is 12.1. The van der Waals surface area contributed by atoms with Crippen molar-refractivity contribution in [2.75, 3.05) is 13.1 Å². The van der Waals surface area contributed by atoms with Crippen LogP contribution in [0.3, 0.4) is 0 Å². The molecule has 0 aromatic carbocycles. The Morgan fingerprint density at radius 1 is 1.23 bits per heavy atom. The van der Waals surface area contributed by atoms with E-state index in [1.54, 1.807) is 18.3 Å². The largest absolute Gasteiger partial charge is 0.359 e. The van der Waals surface area contributed by atoms with Gasteiger partial charge in [-0.15, -0.1) is 5.10 Å². The van der Waals surface area contributed by atoms with Gasteiger partial charge in [0.05, 0.1) is 5.57 Å². The van der Waals surface area contributed by atoms with Gasteiger partial charge in [-0.1, -0.05) is 13.8 Å². The van der Waals surface area contributed by atoms with E-state index in [0.29, 0.717) is 17.0 Å². The molecular weight excluding hydrogens is 328 g/mol. The van der Waals surface area contributed by atoms with Crippen LogP contribution in [0.2, 0.25) is 0 Å². The third-order valence-electron chi connectivity index (χ3n) is 4.78. The maximum Gasteiger partial charge on any atom is 0.273 e. The van der Waals surface area contributed by atoms with Gasteiger partial charge in [0.15, 0.2) is 0 Å². The van der Waals surface area contributed by atoms with Gasteiger partial charge in [-0.3, -0.25) is 9.69 Å². The Morgan fingerprint density at radius 2 is 2.00 bits per heavy atom. The summed E-state index contributed by atoms with van der Waals surface area (Å²) < 4.78 is 0. The van der Waals surface area contributed by atoms with Crippen molar-refractivity contribution >= 4 is 17.7 Å². The first-order chi connectivity index (χ1) is 12.5. The maximum atomic E-state index is 12.3. The van der Waals surface area contributed by atoms with Gasteiger partial charge in [0.25, 0.3) is 5.91 Å². The third kappa shape index (κ3) is 3.43. The number of nitrogens with zero attached hydrogens (tertiary/aromatic N) is 4. The molecule has 0 aliphatic carbocycles. The smallest absolute Gasteiger partial charge is 0.273 e. The zero-order valence-electron chi connectivity index (χ0n) is 15.6. The summed E-state index contributed by atoms with van der Waals surface area (Å²) in [4.78, 5) is 18.1. The van der Waals surface area contributed by atoms with Crippen LogP contribution in [0.25, 0.3) is 6.08 Å². The van der Waals surface area contributed by atoms with Gasteiger partial charge >= 0.3 is 0 Å². The summed E-state index contributed by atoms with van der Waals surface area (Å²) in [7, 11) is 0. The van der Waals surface area contributed by atoms with E-state index < -0.39 is 0 Å². The molecule has 3 heterocycles. The summed E-state index contributed by atoms with van der Waals surface area (Å²) in [5.74, 6) is -0.234. The quantitative estimate of drug-likeness (QED) is 0.780. The molecule has 7 heteroatoms. The fourth-order valence-corrected chi connectivity index (χ4v) is 3.10. The van der Waals surface area contributed by atoms with Gasteiger partial charge in [0.2, 0.25) is 0 Å². The molecule has 0 bridgehead atoms. The normalized spacial score (nSPS) is 15.7. The molecule has 2 aromatic rings. The first-order valence-corrected chi connectivity index (χ1v) is 8.83. The number of aromatic nitrogens is 3. The number of aryl methyl sites for hydroxylation is 1. The van der Waals surface area contributed by atoms with E-state index in [9.17, 15) is 4.79 Å². The molecule has 0 saturated heterocycles. The van der Waals surface area contributed by atoms with Crippen LogP contribution in [-0.4, -0.2) is 44.8 Å². The molecule has 0 radical (unpaired) electrons. The number of nitrogens with one attached hydrogen (secondary N) is 2. The lowest BCUT2D eigenvalue weighted by Crippen LogP contribution is -2.22. The monoisotopic (exact) mass is 352 g/mol. The fourth-order valence-electron chi connectivity index (χ4n) is 3.10. The van der Waals surface area contributed by atoms with Crippen LogP contribution in [0.1, 0.15) is 42.1 Å². The standard InChI is InChI=1S/C19H24N6O/c1-5-25(6-2)11-15-12(3)17(21-13(15)4)10-14-18(23-24-19(14)26)16-8-7-9-20-22-16/h7-10,21H,5-6,11H2,1-4H3,(H,24,26)/b14-10+. The van der Waals surface area contributed by atoms with E-state index >= 15 is 0 Å². The molecule has 26 heavy (non-hydrogen) atoms. The van der Waals surface area contributed by atoms with Gasteiger partial charge < -0.3 is 4.98 Å². The molecule has 7 nitrogen and oxygen atoms in total. The Morgan fingerprint density at radius 3 is 2.65 bits per heavy atom. The fraction of sp³-hybridized carbons (Fsp3) is 0.368. The minimum atomic E-state index is -0.234. The van der Waals surface area contributed by atoms with E-state index in [0.717, 1.165) is 36.6 Å². The lowest BCUT2D eigenvalue weighted by atomic mass is 10.0. The maximum absolute atomic E-state index is 12.3. The Balaban J connectivity index is 1.96. The van der Waals surface area contributed by atoms with Crippen molar-refractivity contribution in [3.05, 3.63) is 52.1 Å². The highest BCUT2D eigenvalue weighted by molar-refractivity contribution is 6.32. The number of H-pyrrole nitrogens is 1. The van der Waals surface area contributed by atoms with Crippen LogP contribution in [-0.2, 0) is 11.3 Å². The van der Waals surface area contributed by atoms with Crippen LogP contribution >= 0.6 is 0 Å². The van der Waals surface area contributed by atoms with E-state index in [1.165, 1.54) is 5.56 Å². The average molecular weight is 352 g/mol. The van der Waals surface area contributed by atoms with Crippen molar-refractivity contribution in [2.45, 2.75) is 34.2 Å². The zero-order valence-corrected chi connectivity index (χ0v) is 15.6. The zero-order chi connectivity index (χ0) is 18.7. The first-order valence-electron chi connectivity index (χ1n) is 8.83. The molecule has 136 valence electrons. The van der Waals surface area contributed by atoms with Crippen molar-refractivity contribution in [2.24, 2.45) is 5.10 Å². The second kappa shape index (κ2) is 7.61. The third-order valence-corrected chi connectivity index (χ3v) is 4.78. The predicted octanol–water partition coefficient (Wildman–Crippen LogP) is 2.18. The molecule has 1 aliphatic heterocycles. The van der Waals surface area contributed by atoms with Crippen molar-refractivity contribution in [3.8, 4) is 0 Å². The Hall–Kier alpha value is -2.80. The lowest BCUT2D eigenvalue weighted by molar-refractivity contribution is -0.116. The Labute approximate surface area is 153 Å². The molecule has 2 N–H and O–H groups in total. The topological polar surface area (TPSA) is 86.3 Å². The minimum absolute atomic E-state index is 0.234. The second-order valence-electron chi connectivity index (χ2n) is 6.30. The highest BCUT2D eigenvalue weighted by Crippen LogP contribution is 2.24. The molecular formula is C19H24N6O. The molecule has 1 aliphatic rings. The lowest BCUT2D eigenvalue weighted by Gasteiger charge is -2.18. The molecule has 3 rings (SSSR count). The Bertz CT molecular complexity index is 862. The highest BCUT2D eigenvalue weighted by Gasteiger charge is 2.26. The highest BCUT2D eigenvalue weighted by atomic mass is 16.2. The van der Waals surface area contributed by atoms with Gasteiger partial charge in [0.1, 0.15) is 11.4 Å². The number of aromatic amines is 1. The van der Waals surface area contributed by atoms with Gasteiger partial charge in [-0.25, -0.2) is 5.43 Å². The van der Waals surface area contributed by atoms with E-state index in [-0.39, 0.29) is 5.91 Å². The summed E-state index contributed by atoms with van der Waals surface area (Å²) >= 11 is 0. The second-order valence-corrected chi connectivity index (χ2v) is 6.30. The number of carbonyl (C=O) groups excluding carboxylic acids is 1. The van der Waals surface area contributed by atoms with Gasteiger partial charge in [-0.05, 0) is 56.3 Å². The number of hydrogen-bond donors (Lipinski definition) is 2. The number of amides is 1. The van der Waals surface area contributed by atoms with Crippen molar-refractivity contribution in [1.82, 2.24) is 25.5 Å². The summed E-state index contributed by atoms with van der Waals surface area (Å²) in [6.07, 6.45) is 3.44. The number of carbonyl (C=O) groups is 1. The van der Waals surface area contributed by atoms with E-state index in [1.807, 2.05) is 6.08 Å².